The summed E-state index contributed by atoms with van der Waals surface area (Å²) in [6, 6.07) is 13.3. The fourth-order valence-electron chi connectivity index (χ4n) is 1.54. The highest BCUT2D eigenvalue weighted by atomic mass is 79.9. The predicted octanol–water partition coefficient (Wildman–Crippen LogP) is 4.04. The zero-order chi connectivity index (χ0) is 12.3. The molecule has 0 saturated heterocycles. The molecule has 2 aromatic rings. The molecule has 0 radical (unpaired) electrons. The molecule has 0 aliphatic heterocycles. The van der Waals surface area contributed by atoms with E-state index in [9.17, 15) is 5.11 Å². The first-order valence-corrected chi connectivity index (χ1v) is 6.13. The van der Waals surface area contributed by atoms with E-state index in [1.807, 2.05) is 49.4 Å². The summed E-state index contributed by atoms with van der Waals surface area (Å²) < 4.78 is 6.69. The Morgan fingerprint density at radius 3 is 2.59 bits per heavy atom. The molecule has 0 unspecified atom stereocenters. The van der Waals surface area contributed by atoms with Gasteiger partial charge in [-0.1, -0.05) is 24.3 Å². The van der Waals surface area contributed by atoms with E-state index in [4.69, 9.17) is 4.74 Å². The lowest BCUT2D eigenvalue weighted by Crippen LogP contribution is -1.92. The maximum absolute atomic E-state index is 9.22. The van der Waals surface area contributed by atoms with E-state index in [-0.39, 0.29) is 6.61 Å². The first-order chi connectivity index (χ1) is 8.20. The predicted molar refractivity (Wildman–Crippen MR) is 71.3 cm³/mol. The summed E-state index contributed by atoms with van der Waals surface area (Å²) in [5.41, 5.74) is 1.94. The molecule has 0 aliphatic rings. The average Bonchev–Trinajstić information content (AvgIpc) is 2.33. The number of para-hydroxylation sites is 1. The number of hydrogen-bond acceptors (Lipinski definition) is 2. The second kappa shape index (κ2) is 5.34. The van der Waals surface area contributed by atoms with Crippen LogP contribution in [-0.4, -0.2) is 5.11 Å². The fraction of sp³-hybridized carbons (Fsp3) is 0.143. The van der Waals surface area contributed by atoms with Crippen LogP contribution in [-0.2, 0) is 6.61 Å². The van der Waals surface area contributed by atoms with Crippen LogP contribution < -0.4 is 4.74 Å². The molecule has 88 valence electrons. The van der Waals surface area contributed by atoms with Crippen molar-refractivity contribution in [2.75, 3.05) is 0 Å². The first kappa shape index (κ1) is 12.1. The van der Waals surface area contributed by atoms with Gasteiger partial charge in [-0.2, -0.15) is 0 Å². The highest BCUT2D eigenvalue weighted by molar-refractivity contribution is 9.10. The molecule has 17 heavy (non-hydrogen) atoms. The van der Waals surface area contributed by atoms with Gasteiger partial charge in [-0.15, -0.1) is 0 Å². The van der Waals surface area contributed by atoms with Gasteiger partial charge >= 0.3 is 0 Å². The summed E-state index contributed by atoms with van der Waals surface area (Å²) in [7, 11) is 0. The number of benzene rings is 2. The van der Waals surface area contributed by atoms with Gasteiger partial charge in [-0.05, 0) is 46.6 Å². The summed E-state index contributed by atoms with van der Waals surface area (Å²) in [6.07, 6.45) is 0. The highest BCUT2D eigenvalue weighted by Gasteiger charge is 2.06. The number of rotatable bonds is 3. The number of aliphatic hydroxyl groups excluding tert-OH is 1. The Hall–Kier alpha value is -1.32. The van der Waals surface area contributed by atoms with E-state index in [1.165, 1.54) is 5.56 Å². The quantitative estimate of drug-likeness (QED) is 0.925. The third-order valence-corrected chi connectivity index (χ3v) is 3.07. The van der Waals surface area contributed by atoms with Crippen LogP contribution in [0.1, 0.15) is 11.1 Å². The molecule has 0 aromatic heterocycles. The van der Waals surface area contributed by atoms with Gasteiger partial charge in [0.25, 0.3) is 0 Å². The van der Waals surface area contributed by atoms with Crippen LogP contribution >= 0.6 is 15.9 Å². The van der Waals surface area contributed by atoms with Crippen molar-refractivity contribution in [1.82, 2.24) is 0 Å². The van der Waals surface area contributed by atoms with Gasteiger partial charge in [0.1, 0.15) is 11.5 Å². The third kappa shape index (κ3) is 2.87. The summed E-state index contributed by atoms with van der Waals surface area (Å²) in [5.74, 6) is 1.43. The molecule has 2 rings (SSSR count). The molecule has 0 aliphatic carbocycles. The minimum atomic E-state index is -0.0281. The number of ether oxygens (including phenoxy) is 1. The smallest absolute Gasteiger partial charge is 0.141 e. The molecular weight excluding hydrogens is 280 g/mol. The normalized spacial score (nSPS) is 10.3. The van der Waals surface area contributed by atoms with Crippen molar-refractivity contribution in [3.8, 4) is 11.5 Å². The molecule has 0 spiro atoms. The Balaban J connectivity index is 2.31. The van der Waals surface area contributed by atoms with Crippen LogP contribution in [0.25, 0.3) is 0 Å². The molecule has 0 amide bonds. The van der Waals surface area contributed by atoms with Gasteiger partial charge in [0.2, 0.25) is 0 Å². The van der Waals surface area contributed by atoms with Crippen molar-refractivity contribution in [3.05, 3.63) is 58.1 Å². The van der Waals surface area contributed by atoms with Crippen LogP contribution in [0.5, 0.6) is 11.5 Å². The van der Waals surface area contributed by atoms with Gasteiger partial charge in [-0.3, -0.25) is 0 Å². The minimum Gasteiger partial charge on any atom is -0.456 e. The molecular formula is C14H13BrO2. The Morgan fingerprint density at radius 1 is 1.12 bits per heavy atom. The minimum absolute atomic E-state index is 0.0281. The zero-order valence-electron chi connectivity index (χ0n) is 9.48. The lowest BCUT2D eigenvalue weighted by Gasteiger charge is -2.11. The molecule has 0 heterocycles. The van der Waals surface area contributed by atoms with Gasteiger partial charge in [0.15, 0.2) is 0 Å². The summed E-state index contributed by atoms with van der Waals surface area (Å²) >= 11 is 3.46. The molecule has 0 bridgehead atoms. The number of aryl methyl sites for hydroxylation is 1. The van der Waals surface area contributed by atoms with Crippen molar-refractivity contribution in [2.24, 2.45) is 0 Å². The van der Waals surface area contributed by atoms with E-state index >= 15 is 0 Å². The molecule has 0 fully saturated rings. The second-order valence-electron chi connectivity index (χ2n) is 3.80. The summed E-state index contributed by atoms with van der Waals surface area (Å²) in [6.45, 7) is 2.00. The van der Waals surface area contributed by atoms with E-state index in [0.717, 1.165) is 15.8 Å². The van der Waals surface area contributed by atoms with Gasteiger partial charge in [0.05, 0.1) is 11.1 Å². The van der Waals surface area contributed by atoms with Crippen LogP contribution in [0.2, 0.25) is 0 Å². The average molecular weight is 293 g/mol. The third-order valence-electron chi connectivity index (χ3n) is 2.45. The zero-order valence-corrected chi connectivity index (χ0v) is 11.1. The van der Waals surface area contributed by atoms with Gasteiger partial charge in [0, 0.05) is 5.56 Å². The maximum Gasteiger partial charge on any atom is 0.141 e. The SMILES string of the molecule is Cc1ccc(Oc2ccccc2CO)c(Br)c1. The van der Waals surface area contributed by atoms with Gasteiger partial charge < -0.3 is 9.84 Å². The van der Waals surface area contributed by atoms with Gasteiger partial charge in [-0.25, -0.2) is 0 Å². The van der Waals surface area contributed by atoms with E-state index in [0.29, 0.717) is 5.75 Å². The highest BCUT2D eigenvalue weighted by Crippen LogP contribution is 2.31. The van der Waals surface area contributed by atoms with E-state index in [1.54, 1.807) is 0 Å². The number of aliphatic hydroxyl groups is 1. The Morgan fingerprint density at radius 2 is 1.88 bits per heavy atom. The molecule has 1 N–H and O–H groups in total. The topological polar surface area (TPSA) is 29.5 Å². The summed E-state index contributed by atoms with van der Waals surface area (Å²) in [5, 5.41) is 9.22. The summed E-state index contributed by atoms with van der Waals surface area (Å²) in [4.78, 5) is 0. The lowest BCUT2D eigenvalue weighted by molar-refractivity contribution is 0.276. The molecule has 0 saturated carbocycles. The van der Waals surface area contributed by atoms with Crippen molar-refractivity contribution in [2.45, 2.75) is 13.5 Å². The van der Waals surface area contributed by atoms with Crippen LogP contribution in [0.3, 0.4) is 0 Å². The lowest BCUT2D eigenvalue weighted by atomic mass is 10.2. The van der Waals surface area contributed by atoms with Crippen LogP contribution in [0.4, 0.5) is 0 Å². The number of halogens is 1. The van der Waals surface area contributed by atoms with E-state index in [2.05, 4.69) is 15.9 Å². The fourth-order valence-corrected chi connectivity index (χ4v) is 2.12. The standard InChI is InChI=1S/C14H13BrO2/c1-10-6-7-14(12(15)8-10)17-13-5-3-2-4-11(13)9-16/h2-8,16H,9H2,1H3. The molecule has 2 nitrogen and oxygen atoms in total. The largest absolute Gasteiger partial charge is 0.456 e. The van der Waals surface area contributed by atoms with Crippen molar-refractivity contribution in [1.29, 1.82) is 0 Å². The number of hydrogen-bond donors (Lipinski definition) is 1. The Bertz CT molecular complexity index is 523. The maximum atomic E-state index is 9.22. The first-order valence-electron chi connectivity index (χ1n) is 5.33. The molecule has 0 atom stereocenters. The Kier molecular flexibility index (Phi) is 3.82. The van der Waals surface area contributed by atoms with Crippen molar-refractivity contribution < 1.29 is 9.84 Å². The van der Waals surface area contributed by atoms with Crippen molar-refractivity contribution >= 4 is 15.9 Å². The van der Waals surface area contributed by atoms with Crippen molar-refractivity contribution in [3.63, 3.8) is 0 Å². The van der Waals surface area contributed by atoms with E-state index < -0.39 is 0 Å². The molecule has 2 aromatic carbocycles. The monoisotopic (exact) mass is 292 g/mol. The Labute approximate surface area is 109 Å². The van der Waals surface area contributed by atoms with Crippen LogP contribution in [0, 0.1) is 6.92 Å². The van der Waals surface area contributed by atoms with Crippen LogP contribution in [0.15, 0.2) is 46.9 Å². The molecule has 3 heteroatoms. The second-order valence-corrected chi connectivity index (χ2v) is 4.66.